The number of carbonyl (C=O) groups is 15. The first kappa shape index (κ1) is 109. The van der Waals surface area contributed by atoms with Crippen molar-refractivity contribution in [2.24, 2.45) is 17.6 Å². The number of benzene rings is 3. The summed E-state index contributed by atoms with van der Waals surface area (Å²) in [7, 11) is -8.83. The molecule has 0 spiro atoms. The zero-order valence-corrected chi connectivity index (χ0v) is 79.6. The van der Waals surface area contributed by atoms with Crippen LogP contribution in [0.25, 0.3) is 0 Å². The molecule has 40 nitrogen and oxygen atoms in total. The number of fused-ring (bicyclic) bond motifs is 6. The molecule has 0 saturated carbocycles. The monoisotopic (exact) mass is 2040 g/mol. The average molecular weight is 2050 g/mol. The molecule has 11 rings (SSSR count). The summed E-state index contributed by atoms with van der Waals surface area (Å²) in [5.74, 6) is -9.52. The number of carboxylic acids is 1. The summed E-state index contributed by atoms with van der Waals surface area (Å²) in [6.07, 6.45) is 1.74. The number of phenolic OH excluding ortho intramolecular Hbond substituents is 2. The number of nitrogens with two attached hydrogens (primary N) is 1. The van der Waals surface area contributed by atoms with Crippen LogP contribution >= 0.6 is 69.6 Å². The van der Waals surface area contributed by atoms with E-state index in [-0.39, 0.29) is 156 Å². The van der Waals surface area contributed by atoms with Crippen LogP contribution in [0.1, 0.15) is 204 Å². The number of hydrogen-bond donors (Lipinski definition) is 8. The fraction of sp³-hybridized carbons (Fsp3) is 0.536. The SMILES string of the molecule is COc1cccc2c1C(=O)c1c(O)c3c(c(O)c1C2=O)C[C@@](O)(C(=O)NCCCC(=O)OCc1ccc(CC(=O)[C@H](CCCNC(N)=O)NC(=O)[C@@H](CC(=O)CCCCCN2C(=O)C=C(Cl)S2(=O)=O)C(C)C)cc1)C[C@@H]3O[C@H]1C[C@H]2[C@H](O[C@@H]3[C@@H](OC)OCCN32)[C@H](C)O1.O=C(Cl)C(=O)Cl.O=C(Cl)CCCCCN1C(=O)C=C(Cl)S1(=O)=O.O=C(O)CCCCCN1C(=O)C=C(Cl)S1(=O)=O.[HH]. The molecule has 6 heterocycles. The van der Waals surface area contributed by atoms with Crippen molar-refractivity contribution < 1.29 is 152 Å². The Balaban J connectivity index is 0.000000489. The molecule has 9 N–H and O–H groups in total. The third kappa shape index (κ3) is 28.3. The lowest BCUT2D eigenvalue weighted by Gasteiger charge is -2.43. The van der Waals surface area contributed by atoms with Crippen LogP contribution in [0.3, 0.4) is 0 Å². The third-order valence-electron chi connectivity index (χ3n) is 22.5. The second kappa shape index (κ2) is 49.0. The quantitative estimate of drug-likeness (QED) is 0.00721. The third-order valence-corrected chi connectivity index (χ3v) is 29.9. The lowest BCUT2D eigenvalue weighted by molar-refractivity contribution is -0.256. The maximum Gasteiger partial charge on any atom is 0.312 e. The van der Waals surface area contributed by atoms with Gasteiger partial charge in [0.1, 0.15) is 41.3 Å². The Hall–Kier alpha value is -9.16. The second-order valence-corrected chi connectivity index (χ2v) is 40.6. The van der Waals surface area contributed by atoms with Gasteiger partial charge < -0.3 is 75.3 Å². The summed E-state index contributed by atoms with van der Waals surface area (Å²) in [4.78, 5) is 184. The van der Waals surface area contributed by atoms with Crippen molar-refractivity contribution in [3.05, 3.63) is 118 Å². The minimum Gasteiger partial charge on any atom is -0.507 e. The molecule has 10 atom stereocenters. The smallest absolute Gasteiger partial charge is 0.312 e. The number of amides is 7. The van der Waals surface area contributed by atoms with E-state index in [2.05, 4.69) is 44.1 Å². The summed E-state index contributed by atoms with van der Waals surface area (Å²) >= 11 is 30.6. The standard InChI is InChI=1S/C64H79ClN6O21S.C9H11Cl2NO4S.C9H12ClNO5S.C2Cl2O2.H2/c1-33(2)39(27-37(72)12-7-6-8-23-71-47(74)29-46(65)93(71,84)85)59(80)69-41(14-10-22-68-63(66)82)43(73)26-35-17-19-36(20-18-35)32-89-48(75)16-11-21-67-62(81)64(83)30-40-51(57(79)53-52(55(40)77)54(76)38-13-9-15-44(86-4)50(38)56(53)78)45(31-64)91-49-28-42-58(34(3)90-49)92-60-61(87-5)88-25-24-70(42)60;10-7(13)4-2-1-3-5-12-9(14)6-8(11)17(12,15)16;10-7-6-8(12)11(17(7,15)16)5-3-1-2-4-9(13)14;3-1(5)2(4)6;/h9,13,15,17-20,29,33-34,39,41-42,45,49,58,60-61,77,79,83H,6-8,10-12,14,16,21-28,30-32H2,1-5H3,(H,67,81)(H,69,80)(H3,66,68,82);6H,1-5H2;6H,1-5H2,(H,13,14);;1H/t34-,39-,41-,42-,45-,49-,58+,60+,61-,64-;;;;/m0..../s1. The minimum absolute atomic E-state index is 0. The van der Waals surface area contributed by atoms with E-state index < -0.39 is 208 Å². The second-order valence-electron chi connectivity index (χ2n) is 32.1. The van der Waals surface area contributed by atoms with Gasteiger partial charge >= 0.3 is 28.5 Å². The number of esters is 1. The molecule has 0 bridgehead atoms. The van der Waals surface area contributed by atoms with Crippen molar-refractivity contribution in [2.75, 3.05) is 60.1 Å². The number of nitrogens with zero attached hydrogens (tertiary/aromatic N) is 4. The number of carboxylic acid groups (broad SMARTS) is 1. The van der Waals surface area contributed by atoms with Gasteiger partial charge in [0.2, 0.25) is 16.9 Å². The average Bonchev–Trinajstić information content (AvgIpc) is 0.922. The summed E-state index contributed by atoms with van der Waals surface area (Å²) in [5, 5.41) is 50.3. The Labute approximate surface area is 797 Å². The van der Waals surface area contributed by atoms with Gasteiger partial charge in [0, 0.05) is 152 Å². The van der Waals surface area contributed by atoms with E-state index in [1.54, 1.807) is 45.0 Å². The number of aliphatic carboxylic acids is 1. The number of ether oxygens (including phenoxy) is 7. The largest absolute Gasteiger partial charge is 0.507 e. The Morgan fingerprint density at radius 3 is 1.71 bits per heavy atom. The zero-order valence-electron chi connectivity index (χ0n) is 72.6. The molecule has 3 aromatic rings. The molecule has 3 aromatic carbocycles. The summed E-state index contributed by atoms with van der Waals surface area (Å²) < 4.78 is 113. The van der Waals surface area contributed by atoms with Gasteiger partial charge in [-0.1, -0.05) is 104 Å². The normalized spacial score (nSPS) is 22.1. The number of unbranched alkanes of at least 4 members (excludes halogenated alkanes) is 6. The van der Waals surface area contributed by atoms with Crippen molar-refractivity contribution in [1.29, 1.82) is 0 Å². The van der Waals surface area contributed by atoms with Crippen molar-refractivity contribution in [3.63, 3.8) is 0 Å². The molecule has 7 amide bonds. The van der Waals surface area contributed by atoms with Crippen molar-refractivity contribution >= 4 is 186 Å². The van der Waals surface area contributed by atoms with E-state index in [1.807, 2.05) is 0 Å². The van der Waals surface area contributed by atoms with Gasteiger partial charge in [0.15, 0.2) is 43.5 Å². The summed E-state index contributed by atoms with van der Waals surface area (Å²) in [6, 6.07) is 9.01. The van der Waals surface area contributed by atoms with Gasteiger partial charge in [0.25, 0.3) is 53.7 Å². The first-order valence-corrected chi connectivity index (χ1v) is 48.7. The van der Waals surface area contributed by atoms with Gasteiger partial charge in [-0.2, -0.15) is 0 Å². The first-order valence-electron chi connectivity index (χ1n) is 42.1. The van der Waals surface area contributed by atoms with Gasteiger partial charge in [-0.3, -0.25) is 72.0 Å². The van der Waals surface area contributed by atoms with Crippen molar-refractivity contribution in [2.45, 2.75) is 217 Å². The van der Waals surface area contributed by atoms with Gasteiger partial charge in [-0.25, -0.2) is 43.0 Å². The molecule has 3 fully saturated rings. The highest BCUT2D eigenvalue weighted by Crippen LogP contribution is 2.53. The maximum absolute atomic E-state index is 14.3. The highest BCUT2D eigenvalue weighted by Gasteiger charge is 2.56. The number of phenols is 2. The summed E-state index contributed by atoms with van der Waals surface area (Å²) in [6.45, 7) is 6.11. The lowest BCUT2D eigenvalue weighted by Crippen LogP contribution is -2.55. The van der Waals surface area contributed by atoms with E-state index in [1.165, 1.54) is 32.4 Å². The van der Waals surface area contributed by atoms with Crippen LogP contribution in [-0.4, -0.2) is 259 Å². The van der Waals surface area contributed by atoms with Gasteiger partial charge in [-0.15, -0.1) is 0 Å². The lowest BCUT2D eigenvalue weighted by atomic mass is 9.72. The molecular formula is C84H104Cl6N8O32S3. The molecule has 0 unspecified atom stereocenters. The van der Waals surface area contributed by atoms with Crippen LogP contribution in [0, 0.1) is 11.8 Å². The molecule has 6 aliphatic heterocycles. The fourth-order valence-corrected chi connectivity index (χ4v) is 20.3. The number of halogens is 6. The molecular weight excluding hydrogens is 1940 g/mol. The van der Waals surface area contributed by atoms with Gasteiger partial charge in [-0.05, 0) is 123 Å². The Morgan fingerprint density at radius 1 is 0.662 bits per heavy atom. The number of Topliss-reactive ketones (excluding diaryl/α,β-unsaturated/α-hetero) is 2. The molecule has 8 aliphatic rings. The topological polar surface area (TPSA) is 579 Å². The molecule has 2 aliphatic carbocycles. The zero-order chi connectivity index (χ0) is 98.5. The predicted molar refractivity (Wildman–Crippen MR) is 477 cm³/mol. The Bertz CT molecular complexity index is 5320. The van der Waals surface area contributed by atoms with E-state index in [9.17, 15) is 112 Å². The molecule has 732 valence electrons. The number of hydrogen-bond acceptors (Lipinski definition) is 32. The first-order chi connectivity index (χ1) is 62.6. The van der Waals surface area contributed by atoms with E-state index in [0.29, 0.717) is 90.7 Å². The van der Waals surface area contributed by atoms with E-state index >= 15 is 0 Å². The molecule has 133 heavy (non-hydrogen) atoms. The molecule has 0 radical (unpaired) electrons. The van der Waals surface area contributed by atoms with Crippen LogP contribution in [0.2, 0.25) is 0 Å². The Morgan fingerprint density at radius 2 is 1.20 bits per heavy atom. The van der Waals surface area contributed by atoms with E-state index in [4.69, 9.17) is 90.4 Å². The number of rotatable bonds is 42. The molecule has 0 aromatic heterocycles. The number of aliphatic hydroxyl groups is 1. The summed E-state index contributed by atoms with van der Waals surface area (Å²) in [5.41, 5.74) is 2.49. The number of sulfonamides is 3. The Kier molecular flexibility index (Phi) is 40.2. The minimum atomic E-state index is -4.04. The highest BCUT2D eigenvalue weighted by molar-refractivity contribution is 7.96. The number of aromatic hydroxyl groups is 2. The number of ketones is 4. The number of methoxy groups -OCH3 is 2. The van der Waals surface area contributed by atoms with Crippen LogP contribution in [-0.2, 0) is 135 Å². The number of morpholine rings is 1. The number of urea groups is 1. The predicted octanol–water partition coefficient (Wildman–Crippen LogP) is 7.09. The molecule has 49 heteroatoms. The van der Waals surface area contributed by atoms with E-state index in [0.717, 1.165) is 22.5 Å². The highest BCUT2D eigenvalue weighted by atomic mass is 35.5. The van der Waals surface area contributed by atoms with Crippen LogP contribution in [0.4, 0.5) is 4.79 Å². The number of primary amides is 1. The maximum atomic E-state index is 14.3. The number of nitrogens with one attached hydrogen (secondary N) is 3. The van der Waals surface area contributed by atoms with Crippen molar-refractivity contribution in [1.82, 2.24) is 33.8 Å². The fourth-order valence-electron chi connectivity index (χ4n) is 15.8. The number of carbonyl (C=O) groups excluding carboxylic acids is 14. The van der Waals surface area contributed by atoms with Crippen LogP contribution < -0.4 is 26.4 Å². The van der Waals surface area contributed by atoms with Crippen molar-refractivity contribution in [3.8, 4) is 17.2 Å². The van der Waals surface area contributed by atoms with Crippen LogP contribution in [0.5, 0.6) is 17.2 Å². The van der Waals surface area contributed by atoms with Gasteiger partial charge in [0.05, 0.1) is 48.7 Å². The molecule has 3 saturated heterocycles. The van der Waals surface area contributed by atoms with Crippen LogP contribution in [0.15, 0.2) is 73.8 Å².